The van der Waals surface area contributed by atoms with Crippen LogP contribution < -0.4 is 11.3 Å². The number of hydrazine groups is 1. The molecule has 0 saturated heterocycles. The molecule has 0 heterocycles. The average molecular weight is 190 g/mol. The third-order valence-electron chi connectivity index (χ3n) is 1.55. The highest BCUT2D eigenvalue weighted by Gasteiger charge is 2.18. The molecule has 0 aliphatic rings. The Balaban J connectivity index is 3.85. The Labute approximate surface area is 76.3 Å². The smallest absolute Gasteiger partial charge is 0.324 e. The number of esters is 2. The van der Waals surface area contributed by atoms with Crippen LogP contribution in [0.25, 0.3) is 0 Å². The van der Waals surface area contributed by atoms with Crippen LogP contribution in [0.15, 0.2) is 0 Å². The number of carbonyl (C=O) groups is 2. The lowest BCUT2D eigenvalue weighted by Gasteiger charge is -2.11. The van der Waals surface area contributed by atoms with E-state index in [-0.39, 0.29) is 18.8 Å². The largest absolute Gasteiger partial charge is 0.469 e. The maximum absolute atomic E-state index is 10.9. The zero-order valence-electron chi connectivity index (χ0n) is 7.70. The highest BCUT2D eigenvalue weighted by Crippen LogP contribution is 1.99. The maximum atomic E-state index is 10.9. The molecule has 0 spiro atoms. The van der Waals surface area contributed by atoms with Crippen molar-refractivity contribution < 1.29 is 19.1 Å². The van der Waals surface area contributed by atoms with Crippen LogP contribution in [0, 0.1) is 0 Å². The standard InChI is InChI=1S/C7H14N2O4/c1-12-6(10)4-3-5(9-8)7(11)13-2/h5,9H,3-4,8H2,1-2H3. The van der Waals surface area contributed by atoms with Crippen LogP contribution in [-0.2, 0) is 19.1 Å². The van der Waals surface area contributed by atoms with Gasteiger partial charge in [-0.1, -0.05) is 0 Å². The van der Waals surface area contributed by atoms with Gasteiger partial charge < -0.3 is 9.47 Å². The molecule has 0 aromatic carbocycles. The van der Waals surface area contributed by atoms with Crippen molar-refractivity contribution in [2.75, 3.05) is 14.2 Å². The van der Waals surface area contributed by atoms with Crippen LogP contribution >= 0.6 is 0 Å². The molecule has 1 unspecified atom stereocenters. The van der Waals surface area contributed by atoms with Crippen molar-refractivity contribution >= 4 is 11.9 Å². The molecule has 0 saturated carbocycles. The summed E-state index contributed by atoms with van der Waals surface area (Å²) in [4.78, 5) is 21.6. The first-order valence-electron chi connectivity index (χ1n) is 3.76. The number of hydrogen-bond acceptors (Lipinski definition) is 6. The minimum atomic E-state index is -0.663. The van der Waals surface area contributed by atoms with Crippen LogP contribution in [0.2, 0.25) is 0 Å². The molecule has 13 heavy (non-hydrogen) atoms. The minimum Gasteiger partial charge on any atom is -0.469 e. The molecule has 6 nitrogen and oxygen atoms in total. The monoisotopic (exact) mass is 190 g/mol. The second-order valence-electron chi connectivity index (χ2n) is 2.36. The maximum Gasteiger partial charge on any atom is 0.324 e. The van der Waals surface area contributed by atoms with Gasteiger partial charge in [0.05, 0.1) is 14.2 Å². The van der Waals surface area contributed by atoms with Gasteiger partial charge in [-0.25, -0.2) is 5.43 Å². The van der Waals surface area contributed by atoms with Gasteiger partial charge in [0.1, 0.15) is 6.04 Å². The van der Waals surface area contributed by atoms with E-state index in [4.69, 9.17) is 5.84 Å². The summed E-state index contributed by atoms with van der Waals surface area (Å²) in [5.74, 6) is 4.19. The molecule has 0 rings (SSSR count). The summed E-state index contributed by atoms with van der Waals surface area (Å²) in [6, 6.07) is -0.663. The number of nitrogens with two attached hydrogens (primary N) is 1. The first kappa shape index (κ1) is 11.9. The van der Waals surface area contributed by atoms with Crippen molar-refractivity contribution in [1.29, 1.82) is 0 Å². The molecule has 6 heteroatoms. The molecule has 0 aromatic heterocycles. The summed E-state index contributed by atoms with van der Waals surface area (Å²) in [6.07, 6.45) is 0.385. The van der Waals surface area contributed by atoms with Gasteiger partial charge in [0.25, 0.3) is 0 Å². The van der Waals surface area contributed by atoms with Gasteiger partial charge in [-0.15, -0.1) is 0 Å². The predicted molar refractivity (Wildman–Crippen MR) is 44.4 cm³/mol. The molecule has 0 amide bonds. The number of nitrogens with one attached hydrogen (secondary N) is 1. The number of methoxy groups -OCH3 is 2. The van der Waals surface area contributed by atoms with Crippen LogP contribution in [0.5, 0.6) is 0 Å². The minimum absolute atomic E-state index is 0.125. The van der Waals surface area contributed by atoms with Gasteiger partial charge in [-0.3, -0.25) is 15.4 Å². The first-order valence-corrected chi connectivity index (χ1v) is 3.76. The van der Waals surface area contributed by atoms with Gasteiger partial charge in [0.15, 0.2) is 0 Å². The zero-order valence-corrected chi connectivity index (χ0v) is 7.70. The molecular weight excluding hydrogens is 176 g/mol. The van der Waals surface area contributed by atoms with Crippen molar-refractivity contribution in [3.8, 4) is 0 Å². The Morgan fingerprint density at radius 3 is 2.38 bits per heavy atom. The van der Waals surface area contributed by atoms with Gasteiger partial charge in [0, 0.05) is 6.42 Å². The van der Waals surface area contributed by atoms with E-state index in [0.717, 1.165) is 0 Å². The Kier molecular flexibility index (Phi) is 5.82. The average Bonchev–Trinajstić information content (AvgIpc) is 2.17. The fraction of sp³-hybridized carbons (Fsp3) is 0.714. The van der Waals surface area contributed by atoms with E-state index in [1.54, 1.807) is 0 Å². The van der Waals surface area contributed by atoms with Crippen molar-refractivity contribution in [1.82, 2.24) is 5.43 Å². The molecule has 0 aliphatic carbocycles. The van der Waals surface area contributed by atoms with Crippen molar-refractivity contribution in [2.45, 2.75) is 18.9 Å². The number of hydrogen-bond donors (Lipinski definition) is 2. The molecule has 76 valence electrons. The third kappa shape index (κ3) is 4.44. The predicted octanol–water partition coefficient (Wildman–Crippen LogP) is -1.06. The molecule has 3 N–H and O–H groups in total. The van der Waals surface area contributed by atoms with E-state index >= 15 is 0 Å². The van der Waals surface area contributed by atoms with Gasteiger partial charge in [0.2, 0.25) is 0 Å². The lowest BCUT2D eigenvalue weighted by Crippen LogP contribution is -2.42. The van der Waals surface area contributed by atoms with Crippen LogP contribution in [0.1, 0.15) is 12.8 Å². The Morgan fingerprint density at radius 2 is 2.00 bits per heavy atom. The van der Waals surface area contributed by atoms with Crippen LogP contribution in [0.3, 0.4) is 0 Å². The molecule has 0 aromatic rings. The zero-order chi connectivity index (χ0) is 10.3. The summed E-state index contributed by atoms with van der Waals surface area (Å²) in [5.41, 5.74) is 2.25. The first-order chi connectivity index (χ1) is 6.15. The lowest BCUT2D eigenvalue weighted by atomic mass is 10.2. The summed E-state index contributed by atoms with van der Waals surface area (Å²) in [7, 11) is 2.54. The van der Waals surface area contributed by atoms with Crippen molar-refractivity contribution in [2.24, 2.45) is 5.84 Å². The van der Waals surface area contributed by atoms with E-state index in [1.807, 2.05) is 0 Å². The SMILES string of the molecule is COC(=O)CCC(NN)C(=O)OC. The highest BCUT2D eigenvalue weighted by molar-refractivity contribution is 5.77. The highest BCUT2D eigenvalue weighted by atomic mass is 16.5. The quantitative estimate of drug-likeness (QED) is 0.326. The van der Waals surface area contributed by atoms with E-state index in [9.17, 15) is 9.59 Å². The molecule has 0 aliphatic heterocycles. The summed E-state index contributed by atoms with van der Waals surface area (Å²) < 4.78 is 8.83. The fourth-order valence-electron chi connectivity index (χ4n) is 0.776. The summed E-state index contributed by atoms with van der Waals surface area (Å²) in [6.45, 7) is 0. The van der Waals surface area contributed by atoms with Gasteiger partial charge >= 0.3 is 11.9 Å². The second kappa shape index (κ2) is 6.38. The molecule has 0 fully saturated rings. The third-order valence-corrected chi connectivity index (χ3v) is 1.55. The van der Waals surface area contributed by atoms with E-state index in [0.29, 0.717) is 0 Å². The summed E-state index contributed by atoms with van der Waals surface area (Å²) in [5, 5.41) is 0. The van der Waals surface area contributed by atoms with E-state index in [2.05, 4.69) is 14.9 Å². The van der Waals surface area contributed by atoms with Gasteiger partial charge in [-0.2, -0.15) is 0 Å². The Morgan fingerprint density at radius 1 is 1.38 bits per heavy atom. The Bertz CT molecular complexity index is 183. The normalized spacial score (nSPS) is 11.9. The lowest BCUT2D eigenvalue weighted by molar-refractivity contribution is -0.144. The molecule has 0 bridgehead atoms. The van der Waals surface area contributed by atoms with Crippen LogP contribution in [-0.4, -0.2) is 32.2 Å². The van der Waals surface area contributed by atoms with Crippen molar-refractivity contribution in [3.63, 3.8) is 0 Å². The number of ether oxygens (including phenoxy) is 2. The Hall–Kier alpha value is -1.14. The van der Waals surface area contributed by atoms with Crippen LogP contribution in [0.4, 0.5) is 0 Å². The molecular formula is C7H14N2O4. The van der Waals surface area contributed by atoms with Gasteiger partial charge in [-0.05, 0) is 6.42 Å². The number of carbonyl (C=O) groups excluding carboxylic acids is 2. The second-order valence-corrected chi connectivity index (χ2v) is 2.36. The fourth-order valence-corrected chi connectivity index (χ4v) is 0.776. The summed E-state index contributed by atoms with van der Waals surface area (Å²) >= 11 is 0. The topological polar surface area (TPSA) is 90.6 Å². The van der Waals surface area contributed by atoms with E-state index in [1.165, 1.54) is 14.2 Å². The molecule has 0 radical (unpaired) electrons. The molecule has 1 atom stereocenters. The van der Waals surface area contributed by atoms with E-state index < -0.39 is 12.0 Å². The van der Waals surface area contributed by atoms with Crippen molar-refractivity contribution in [3.05, 3.63) is 0 Å². The number of rotatable bonds is 5.